The van der Waals surface area contributed by atoms with Crippen LogP contribution < -0.4 is 9.47 Å². The minimum Gasteiger partial charge on any atom is -0.632 e. The second-order valence-corrected chi connectivity index (χ2v) is 7.53. The molecule has 3 fully saturated rings. The Morgan fingerprint density at radius 2 is 2.23 bits per heavy atom. The van der Waals surface area contributed by atoms with Gasteiger partial charge in [0.05, 0.1) is 25.6 Å². The third kappa shape index (κ3) is 2.57. The van der Waals surface area contributed by atoms with Crippen molar-refractivity contribution in [2.24, 2.45) is 11.8 Å². The Labute approximate surface area is 152 Å². The summed E-state index contributed by atoms with van der Waals surface area (Å²) in [7, 11) is 1.56. The van der Waals surface area contributed by atoms with Gasteiger partial charge < -0.3 is 24.9 Å². The molecule has 5 unspecified atom stereocenters. The molecule has 1 aromatic carbocycles. The molecule has 138 valence electrons. The van der Waals surface area contributed by atoms with E-state index < -0.39 is 12.1 Å². The van der Waals surface area contributed by atoms with Gasteiger partial charge in [0.2, 0.25) is 5.52 Å². The topological polar surface area (TPSA) is 79.5 Å². The summed E-state index contributed by atoms with van der Waals surface area (Å²) in [4.78, 5) is 0. The number of aliphatic hydroxyl groups is 1. The molecular weight excluding hydrogens is 332 g/mol. The third-order valence-electron chi connectivity index (χ3n) is 6.28. The van der Waals surface area contributed by atoms with E-state index in [1.807, 2.05) is 6.08 Å². The maximum atomic E-state index is 13.4. The number of ether oxygens (including phenoxy) is 1. The van der Waals surface area contributed by atoms with Crippen LogP contribution in [0.2, 0.25) is 0 Å². The lowest BCUT2D eigenvalue weighted by molar-refractivity contribution is -0.929. The van der Waals surface area contributed by atoms with Crippen molar-refractivity contribution in [2.75, 3.05) is 20.2 Å². The molecule has 4 heterocycles. The zero-order valence-electron chi connectivity index (χ0n) is 14.9. The van der Waals surface area contributed by atoms with Crippen LogP contribution in [0.3, 0.4) is 0 Å². The first-order valence-corrected chi connectivity index (χ1v) is 9.05. The van der Waals surface area contributed by atoms with Crippen LogP contribution in [0.4, 0.5) is 0 Å². The summed E-state index contributed by atoms with van der Waals surface area (Å²) in [6.45, 7) is 4.88. The number of methoxy groups -OCH3 is 1. The fourth-order valence-electron chi connectivity index (χ4n) is 4.79. The summed E-state index contributed by atoms with van der Waals surface area (Å²) < 4.78 is 5.66. The quantitative estimate of drug-likeness (QED) is 0.395. The van der Waals surface area contributed by atoms with Gasteiger partial charge in [0.25, 0.3) is 0 Å². The van der Waals surface area contributed by atoms with Gasteiger partial charge in [-0.05, 0) is 18.1 Å². The predicted molar refractivity (Wildman–Crippen MR) is 98.0 cm³/mol. The van der Waals surface area contributed by atoms with Crippen LogP contribution in [-0.2, 0) is 0 Å². The largest absolute Gasteiger partial charge is 0.632 e. The van der Waals surface area contributed by atoms with Crippen molar-refractivity contribution in [2.45, 2.75) is 25.0 Å². The molecule has 3 aliphatic heterocycles. The number of aromatic nitrogens is 1. The Morgan fingerprint density at radius 1 is 1.42 bits per heavy atom. The minimum absolute atomic E-state index is 0.223. The molecule has 5 rings (SSSR count). The van der Waals surface area contributed by atoms with E-state index in [1.54, 1.807) is 31.4 Å². The second-order valence-electron chi connectivity index (χ2n) is 7.53. The summed E-state index contributed by atoms with van der Waals surface area (Å²) in [6.07, 6.45) is 3.93. The highest BCUT2D eigenvalue weighted by Crippen LogP contribution is 2.46. The van der Waals surface area contributed by atoms with Crippen LogP contribution in [0.25, 0.3) is 10.9 Å². The lowest BCUT2D eigenvalue weighted by Crippen LogP contribution is -2.65. The fourth-order valence-corrected chi connectivity index (χ4v) is 4.79. The lowest BCUT2D eigenvalue weighted by atomic mass is 9.73. The van der Waals surface area contributed by atoms with Crippen molar-refractivity contribution in [1.29, 1.82) is 0 Å². The molecule has 6 heteroatoms. The van der Waals surface area contributed by atoms with Crippen molar-refractivity contribution in [3.63, 3.8) is 0 Å². The van der Waals surface area contributed by atoms with E-state index in [9.17, 15) is 15.5 Å². The molecule has 0 amide bonds. The highest BCUT2D eigenvalue weighted by molar-refractivity contribution is 5.81. The minimum atomic E-state index is -0.920. The monoisotopic (exact) mass is 356 g/mol. The van der Waals surface area contributed by atoms with Gasteiger partial charge in [-0.2, -0.15) is 4.73 Å². The Bertz CT molecular complexity index is 855. The van der Waals surface area contributed by atoms with E-state index in [0.717, 1.165) is 11.2 Å². The van der Waals surface area contributed by atoms with Crippen LogP contribution in [0, 0.1) is 22.3 Å². The second kappa shape index (κ2) is 6.23. The smallest absolute Gasteiger partial charge is 0.224 e. The SMILES string of the molecule is C=CC1C[N+]2([O-])CCC1CC2C(O)c1cc[n+]([O-])c2ccc(OC)cc12. The zero-order chi connectivity index (χ0) is 18.5. The van der Waals surface area contributed by atoms with Gasteiger partial charge in [0, 0.05) is 36.5 Å². The summed E-state index contributed by atoms with van der Waals surface area (Å²) in [5, 5.41) is 37.3. The number of benzene rings is 1. The van der Waals surface area contributed by atoms with Crippen molar-refractivity contribution in [3.05, 3.63) is 59.1 Å². The van der Waals surface area contributed by atoms with Gasteiger partial charge in [-0.3, -0.25) is 0 Å². The number of quaternary nitrogens is 1. The average Bonchev–Trinajstić information content (AvgIpc) is 2.67. The number of rotatable bonds is 4. The third-order valence-corrected chi connectivity index (χ3v) is 6.28. The van der Waals surface area contributed by atoms with Gasteiger partial charge in [0.1, 0.15) is 17.9 Å². The zero-order valence-corrected chi connectivity index (χ0v) is 14.9. The van der Waals surface area contributed by atoms with E-state index in [1.165, 1.54) is 6.20 Å². The molecule has 6 nitrogen and oxygen atoms in total. The normalized spacial score (nSPS) is 31.7. The number of hydrogen-bond donors (Lipinski definition) is 1. The van der Waals surface area contributed by atoms with Crippen LogP contribution in [-0.4, -0.2) is 36.0 Å². The molecule has 1 N–H and O–H groups in total. The first kappa shape index (κ1) is 17.3. The Kier molecular flexibility index (Phi) is 4.14. The lowest BCUT2D eigenvalue weighted by Gasteiger charge is -2.60. The average molecular weight is 356 g/mol. The first-order chi connectivity index (χ1) is 12.5. The fraction of sp³-hybridized carbons (Fsp3) is 0.450. The van der Waals surface area contributed by atoms with Gasteiger partial charge in [-0.1, -0.05) is 6.08 Å². The number of hydrogen-bond acceptors (Lipinski definition) is 4. The van der Waals surface area contributed by atoms with E-state index in [0.29, 0.717) is 47.6 Å². The van der Waals surface area contributed by atoms with E-state index in [-0.39, 0.29) is 10.6 Å². The molecule has 5 atom stereocenters. The van der Waals surface area contributed by atoms with Gasteiger partial charge in [-0.25, -0.2) is 0 Å². The van der Waals surface area contributed by atoms with Crippen molar-refractivity contribution in [1.82, 2.24) is 0 Å². The highest BCUT2D eigenvalue weighted by Gasteiger charge is 2.49. The maximum Gasteiger partial charge on any atom is 0.224 e. The maximum absolute atomic E-state index is 13.4. The van der Waals surface area contributed by atoms with Crippen molar-refractivity contribution in [3.8, 4) is 5.75 Å². The highest BCUT2D eigenvalue weighted by atomic mass is 16.6. The molecule has 26 heavy (non-hydrogen) atoms. The van der Waals surface area contributed by atoms with Crippen molar-refractivity contribution < 1.29 is 19.2 Å². The first-order valence-electron chi connectivity index (χ1n) is 9.05. The summed E-state index contributed by atoms with van der Waals surface area (Å²) in [5.74, 6) is 1.23. The Balaban J connectivity index is 1.76. The van der Waals surface area contributed by atoms with Crippen molar-refractivity contribution >= 4 is 10.9 Å². The van der Waals surface area contributed by atoms with Crippen LogP contribution in [0.1, 0.15) is 24.5 Å². The Hall–Kier alpha value is -2.15. The molecule has 0 aliphatic carbocycles. The molecule has 2 bridgehead atoms. The standard InChI is InChI=1S/C20H24N2O4/c1-3-13-12-22(25)9-7-14(13)10-19(22)20(23)16-6-8-21(24)18-5-4-15(26-2)11-17(16)18/h3-6,8,11,13-14,19-20,23H,1,7,9-10,12H2,2H3. The Morgan fingerprint density at radius 3 is 2.92 bits per heavy atom. The summed E-state index contributed by atoms with van der Waals surface area (Å²) in [5.41, 5.74) is 1.08. The van der Waals surface area contributed by atoms with Gasteiger partial charge in [-0.15, -0.1) is 6.58 Å². The number of piperidine rings is 3. The number of aliphatic hydroxyl groups excluding tert-OH is 1. The molecule has 0 spiro atoms. The molecule has 0 radical (unpaired) electrons. The predicted octanol–water partition coefficient (Wildman–Crippen LogP) is 2.42. The number of nitrogens with zero attached hydrogens (tertiary/aromatic N) is 2. The van der Waals surface area contributed by atoms with Crippen LogP contribution in [0.15, 0.2) is 43.1 Å². The molecule has 0 saturated carbocycles. The van der Waals surface area contributed by atoms with Gasteiger partial charge >= 0.3 is 0 Å². The molecule has 2 aromatic rings. The summed E-state index contributed by atoms with van der Waals surface area (Å²) >= 11 is 0. The molecule has 1 aromatic heterocycles. The summed E-state index contributed by atoms with van der Waals surface area (Å²) in [6, 6.07) is 6.36. The molecule has 3 saturated heterocycles. The van der Waals surface area contributed by atoms with Gasteiger partial charge in [0.15, 0.2) is 6.20 Å². The van der Waals surface area contributed by atoms with Crippen LogP contribution >= 0.6 is 0 Å². The number of hydroxylamine groups is 3. The number of fused-ring (bicyclic) bond motifs is 4. The molecule has 3 aliphatic rings. The van der Waals surface area contributed by atoms with E-state index in [4.69, 9.17) is 4.74 Å². The van der Waals surface area contributed by atoms with E-state index in [2.05, 4.69) is 6.58 Å². The van der Waals surface area contributed by atoms with E-state index >= 15 is 0 Å². The number of pyridine rings is 1. The molecular formula is C20H24N2O4. The van der Waals surface area contributed by atoms with Crippen LogP contribution in [0.5, 0.6) is 5.75 Å².